The molecule has 1 aliphatic rings. The van der Waals surface area contributed by atoms with E-state index in [1.54, 1.807) is 25.5 Å². The minimum Gasteiger partial charge on any atom is -0.506 e. The molecule has 0 bridgehead atoms. The van der Waals surface area contributed by atoms with Crippen molar-refractivity contribution < 1.29 is 5.11 Å². The minimum absolute atomic E-state index is 0.0167. The van der Waals surface area contributed by atoms with Gasteiger partial charge in [-0.3, -0.25) is 4.99 Å². The van der Waals surface area contributed by atoms with Crippen LogP contribution in [-0.2, 0) is 6.54 Å². The van der Waals surface area contributed by atoms with Crippen molar-refractivity contribution in [3.63, 3.8) is 0 Å². The lowest BCUT2D eigenvalue weighted by Crippen LogP contribution is -2.13. The number of hydrogen-bond acceptors (Lipinski definition) is 6. The summed E-state index contributed by atoms with van der Waals surface area (Å²) in [5, 5.41) is 22.3. The van der Waals surface area contributed by atoms with Crippen molar-refractivity contribution >= 4 is 17.5 Å². The molecule has 3 aromatic rings. The molecule has 1 unspecified atom stereocenters. The number of aromatic hydroxyl groups is 1. The second kappa shape index (κ2) is 7.79. The smallest absolute Gasteiger partial charge is 0.138 e. The molecule has 2 heterocycles. The summed E-state index contributed by atoms with van der Waals surface area (Å²) in [5.41, 5.74) is 12.5. The van der Waals surface area contributed by atoms with Crippen molar-refractivity contribution in [3.05, 3.63) is 65.5 Å². The van der Waals surface area contributed by atoms with E-state index in [1.807, 2.05) is 35.9 Å². The number of phenolic OH excluding ortho intramolecular Hbond substituents is 1. The molecule has 7 nitrogen and oxygen atoms in total. The van der Waals surface area contributed by atoms with E-state index in [0.717, 1.165) is 46.6 Å². The minimum atomic E-state index is -0.0167. The van der Waals surface area contributed by atoms with Gasteiger partial charge in [0.2, 0.25) is 0 Å². The summed E-state index contributed by atoms with van der Waals surface area (Å²) < 4.78 is 1.95. The molecule has 29 heavy (non-hydrogen) atoms. The maximum absolute atomic E-state index is 10.3. The number of aliphatic imine (C=N–C) groups is 1. The van der Waals surface area contributed by atoms with Crippen molar-refractivity contribution in [2.75, 3.05) is 12.4 Å². The number of phenols is 1. The molecule has 2 aromatic carbocycles. The van der Waals surface area contributed by atoms with Gasteiger partial charge in [0.1, 0.15) is 5.75 Å². The topological polar surface area (TPSA) is 101 Å². The van der Waals surface area contributed by atoms with E-state index in [4.69, 9.17) is 5.73 Å². The predicted octanol–water partition coefficient (Wildman–Crippen LogP) is 3.52. The first-order valence-electron chi connectivity index (χ1n) is 9.55. The molecule has 4 N–H and O–H groups in total. The number of nitrogens with two attached hydrogens (primary N) is 1. The van der Waals surface area contributed by atoms with Gasteiger partial charge in [0, 0.05) is 37.1 Å². The summed E-state index contributed by atoms with van der Waals surface area (Å²) in [6, 6.07) is 13.5. The second-order valence-electron chi connectivity index (χ2n) is 7.06. The summed E-state index contributed by atoms with van der Waals surface area (Å²) in [5.74, 6) is 0.227. The van der Waals surface area contributed by atoms with Gasteiger partial charge >= 0.3 is 0 Å². The lowest BCUT2D eigenvalue weighted by molar-refractivity contribution is 0.475. The van der Waals surface area contributed by atoms with Gasteiger partial charge in [0.25, 0.3) is 0 Å². The molecular weight excluding hydrogens is 364 g/mol. The molecule has 0 spiro atoms. The van der Waals surface area contributed by atoms with Crippen molar-refractivity contribution in [3.8, 4) is 17.0 Å². The van der Waals surface area contributed by atoms with Gasteiger partial charge in [-0.15, -0.1) is 5.10 Å². The average Bonchev–Trinajstić information content (AvgIpc) is 3.02. The highest BCUT2D eigenvalue weighted by Crippen LogP contribution is 2.39. The third-order valence-corrected chi connectivity index (χ3v) is 5.23. The van der Waals surface area contributed by atoms with E-state index in [9.17, 15) is 5.11 Å². The van der Waals surface area contributed by atoms with Crippen LogP contribution in [-0.4, -0.2) is 33.4 Å². The van der Waals surface area contributed by atoms with Crippen LogP contribution in [0.15, 0.2) is 53.7 Å². The number of fused-ring (bicyclic) bond motifs is 3. The second-order valence-corrected chi connectivity index (χ2v) is 7.06. The van der Waals surface area contributed by atoms with Gasteiger partial charge < -0.3 is 16.2 Å². The van der Waals surface area contributed by atoms with Crippen molar-refractivity contribution in [2.24, 2.45) is 10.7 Å². The standard InChI is InChI=1S/C22H24N6O/c1-14-22-17-8-7-15(16(12-23)13-24-2)11-18(17)19(9-10-28(22)27-26-14)25-20-5-3-4-6-21(20)29/h3-8,11-13,19,25,29H,9-10,23H2,1-2H3. The third kappa shape index (κ3) is 3.47. The lowest BCUT2D eigenvalue weighted by atomic mass is 9.92. The maximum Gasteiger partial charge on any atom is 0.138 e. The number of nitrogens with one attached hydrogen (secondary N) is 1. The third-order valence-electron chi connectivity index (χ3n) is 5.23. The number of allylic oxidation sites excluding steroid dienone is 1. The van der Waals surface area contributed by atoms with Crippen molar-refractivity contribution in [2.45, 2.75) is 25.9 Å². The van der Waals surface area contributed by atoms with Crippen molar-refractivity contribution in [1.29, 1.82) is 0 Å². The van der Waals surface area contributed by atoms with Crippen LogP contribution in [0, 0.1) is 6.92 Å². The molecule has 0 aliphatic carbocycles. The molecule has 0 fully saturated rings. The molecule has 1 atom stereocenters. The Morgan fingerprint density at radius 2 is 2.14 bits per heavy atom. The van der Waals surface area contributed by atoms with E-state index < -0.39 is 0 Å². The first kappa shape index (κ1) is 18.7. The fraction of sp³-hybridized carbons (Fsp3) is 0.227. The number of nitrogens with zero attached hydrogens (tertiary/aromatic N) is 4. The summed E-state index contributed by atoms with van der Waals surface area (Å²) in [6.07, 6.45) is 4.11. The van der Waals surface area contributed by atoms with Crippen LogP contribution in [0.3, 0.4) is 0 Å². The largest absolute Gasteiger partial charge is 0.506 e. The monoisotopic (exact) mass is 388 g/mol. The van der Waals surface area contributed by atoms with E-state index in [2.05, 4.69) is 32.8 Å². The van der Waals surface area contributed by atoms with E-state index >= 15 is 0 Å². The molecule has 1 aromatic heterocycles. The normalized spacial score (nSPS) is 16.3. The maximum atomic E-state index is 10.3. The Hall–Kier alpha value is -3.61. The number of aromatic nitrogens is 3. The first-order chi connectivity index (χ1) is 14.1. The molecule has 0 saturated carbocycles. The van der Waals surface area contributed by atoms with Crippen LogP contribution in [0.4, 0.5) is 5.69 Å². The molecule has 4 rings (SSSR count). The summed E-state index contributed by atoms with van der Waals surface area (Å²) >= 11 is 0. The fourth-order valence-electron chi connectivity index (χ4n) is 3.83. The van der Waals surface area contributed by atoms with Crippen LogP contribution < -0.4 is 11.1 Å². The van der Waals surface area contributed by atoms with E-state index in [-0.39, 0.29) is 11.8 Å². The fourth-order valence-corrected chi connectivity index (χ4v) is 3.83. The molecule has 0 radical (unpaired) electrons. The lowest BCUT2D eigenvalue weighted by Gasteiger charge is -2.22. The van der Waals surface area contributed by atoms with Gasteiger partial charge in [-0.25, -0.2) is 4.68 Å². The zero-order chi connectivity index (χ0) is 20.4. The van der Waals surface area contributed by atoms with Gasteiger partial charge in [-0.2, -0.15) is 0 Å². The zero-order valence-corrected chi connectivity index (χ0v) is 16.5. The van der Waals surface area contributed by atoms with Gasteiger partial charge in [-0.1, -0.05) is 29.5 Å². The van der Waals surface area contributed by atoms with Gasteiger partial charge in [0.05, 0.1) is 23.1 Å². The Kier molecular flexibility index (Phi) is 5.03. The molecule has 148 valence electrons. The Morgan fingerprint density at radius 1 is 1.31 bits per heavy atom. The Morgan fingerprint density at radius 3 is 2.90 bits per heavy atom. The molecule has 0 saturated heterocycles. The summed E-state index contributed by atoms with van der Waals surface area (Å²) in [6.45, 7) is 2.70. The van der Waals surface area contributed by atoms with Crippen LogP contribution in [0.1, 0.15) is 29.3 Å². The molecular formula is C22H24N6O. The Labute approximate surface area is 169 Å². The number of para-hydroxylation sites is 2. The van der Waals surface area contributed by atoms with E-state index in [0.29, 0.717) is 5.69 Å². The zero-order valence-electron chi connectivity index (χ0n) is 16.5. The highest BCUT2D eigenvalue weighted by molar-refractivity contribution is 6.09. The number of aryl methyl sites for hydroxylation is 2. The Balaban J connectivity index is 1.85. The number of rotatable bonds is 4. The highest BCUT2D eigenvalue weighted by Gasteiger charge is 2.26. The number of hydrogen-bond donors (Lipinski definition) is 3. The van der Waals surface area contributed by atoms with Crippen LogP contribution in [0.5, 0.6) is 5.75 Å². The van der Waals surface area contributed by atoms with Crippen LogP contribution in [0.25, 0.3) is 16.8 Å². The van der Waals surface area contributed by atoms with E-state index in [1.165, 1.54) is 0 Å². The molecule has 1 aliphatic heterocycles. The number of anilines is 1. The summed E-state index contributed by atoms with van der Waals surface area (Å²) in [7, 11) is 1.73. The van der Waals surface area contributed by atoms with Crippen LogP contribution in [0.2, 0.25) is 0 Å². The first-order valence-corrected chi connectivity index (χ1v) is 9.55. The van der Waals surface area contributed by atoms with Crippen LogP contribution >= 0.6 is 0 Å². The Bertz CT molecular complexity index is 1100. The van der Waals surface area contributed by atoms with Gasteiger partial charge in [-0.05, 0) is 42.7 Å². The highest BCUT2D eigenvalue weighted by atomic mass is 16.3. The number of benzene rings is 2. The summed E-state index contributed by atoms with van der Waals surface area (Å²) in [4.78, 5) is 4.11. The SMILES string of the molecule is CN=CC(=CN)c1ccc2c(c1)C(Nc1ccccc1O)CCn1nnc(C)c1-2. The quantitative estimate of drug-likeness (QED) is 0.469. The molecule has 7 heteroatoms. The molecule has 0 amide bonds. The predicted molar refractivity (Wildman–Crippen MR) is 116 cm³/mol. The van der Waals surface area contributed by atoms with Crippen molar-refractivity contribution in [1.82, 2.24) is 15.0 Å². The average molecular weight is 388 g/mol. The van der Waals surface area contributed by atoms with Gasteiger partial charge in [0.15, 0.2) is 0 Å².